The van der Waals surface area contributed by atoms with Crippen LogP contribution in [0, 0.1) is 11.3 Å². The first-order valence-electron chi connectivity index (χ1n) is 6.16. The zero-order valence-electron chi connectivity index (χ0n) is 10.5. The molecule has 1 saturated heterocycles. The summed E-state index contributed by atoms with van der Waals surface area (Å²) in [7, 11) is 0. The number of nitriles is 1. The predicted octanol–water partition coefficient (Wildman–Crippen LogP) is 2.67. The summed E-state index contributed by atoms with van der Waals surface area (Å²) >= 11 is 4.82. The zero-order valence-corrected chi connectivity index (χ0v) is 12.9. The van der Waals surface area contributed by atoms with Crippen molar-refractivity contribution in [3.63, 3.8) is 0 Å². The van der Waals surface area contributed by atoms with Crippen molar-refractivity contribution in [3.05, 3.63) is 38.8 Å². The number of rotatable bonds is 2. The average molecular weight is 351 g/mol. The number of halogens is 1. The predicted molar refractivity (Wildman–Crippen MR) is 78.5 cm³/mol. The van der Waals surface area contributed by atoms with Gasteiger partial charge in [-0.15, -0.1) is 11.3 Å². The molecule has 2 aromatic heterocycles. The summed E-state index contributed by atoms with van der Waals surface area (Å²) in [5, 5.41) is 13.0. The van der Waals surface area contributed by atoms with Crippen LogP contribution in [-0.4, -0.2) is 33.7 Å². The minimum absolute atomic E-state index is 0.0656. The molecule has 0 radical (unpaired) electrons. The van der Waals surface area contributed by atoms with Crippen LogP contribution in [0.5, 0.6) is 0 Å². The first-order chi connectivity index (χ1) is 9.67. The molecular formula is C13H11BrN4OS. The Morgan fingerprint density at radius 3 is 3.05 bits per heavy atom. The van der Waals surface area contributed by atoms with Crippen molar-refractivity contribution < 1.29 is 4.79 Å². The Morgan fingerprint density at radius 2 is 2.40 bits per heavy atom. The largest absolute Gasteiger partial charge is 0.336 e. The van der Waals surface area contributed by atoms with Gasteiger partial charge >= 0.3 is 0 Å². The summed E-state index contributed by atoms with van der Waals surface area (Å²) in [6, 6.07) is 5.95. The highest BCUT2D eigenvalue weighted by atomic mass is 79.9. The summed E-state index contributed by atoms with van der Waals surface area (Å²) in [5.41, 5.74) is 0.553. The lowest BCUT2D eigenvalue weighted by molar-refractivity contribution is 0.0792. The smallest absolute Gasteiger partial charge is 0.264 e. The molecule has 1 amide bonds. The van der Waals surface area contributed by atoms with Gasteiger partial charge in [0.15, 0.2) is 0 Å². The van der Waals surface area contributed by atoms with E-state index in [1.807, 2.05) is 17.0 Å². The molecule has 1 unspecified atom stereocenters. The van der Waals surface area contributed by atoms with Gasteiger partial charge in [0.25, 0.3) is 5.91 Å². The summed E-state index contributed by atoms with van der Waals surface area (Å²) < 4.78 is 2.75. The lowest BCUT2D eigenvalue weighted by atomic mass is 10.3. The lowest BCUT2D eigenvalue weighted by Crippen LogP contribution is -2.28. The Bertz CT molecular complexity index is 687. The second-order valence-corrected chi connectivity index (χ2v) is 7.08. The molecule has 0 bridgehead atoms. The fourth-order valence-corrected chi connectivity index (χ4v) is 3.68. The molecule has 1 aliphatic heterocycles. The minimum atomic E-state index is 0.0656. The van der Waals surface area contributed by atoms with Crippen molar-refractivity contribution in [1.29, 1.82) is 5.26 Å². The Morgan fingerprint density at radius 1 is 1.55 bits per heavy atom. The third-order valence-electron chi connectivity index (χ3n) is 3.34. The van der Waals surface area contributed by atoms with Gasteiger partial charge in [-0.05, 0) is 34.5 Å². The monoisotopic (exact) mass is 350 g/mol. The molecule has 3 rings (SSSR count). The van der Waals surface area contributed by atoms with Crippen molar-refractivity contribution in [1.82, 2.24) is 14.7 Å². The standard InChI is InChI=1S/C13H11BrN4OS/c14-12-2-1-11(20-12)13(19)17-4-3-10(8-17)18-7-9(5-15)6-16-18/h1-2,6-7,10H,3-4,8H2. The van der Waals surface area contributed by atoms with Gasteiger partial charge in [0.2, 0.25) is 0 Å². The molecule has 7 heteroatoms. The van der Waals surface area contributed by atoms with Gasteiger partial charge in [-0.3, -0.25) is 9.48 Å². The molecule has 20 heavy (non-hydrogen) atoms. The average Bonchev–Trinajstić information content (AvgIpc) is 3.17. The number of thiophene rings is 1. The molecule has 1 atom stereocenters. The first kappa shape index (κ1) is 13.3. The Labute approximate surface area is 128 Å². The Hall–Kier alpha value is -1.65. The van der Waals surface area contributed by atoms with Gasteiger partial charge in [0.1, 0.15) is 6.07 Å². The third-order valence-corrected chi connectivity index (χ3v) is 4.95. The summed E-state index contributed by atoms with van der Waals surface area (Å²) in [5.74, 6) is 0.0656. The number of carbonyl (C=O) groups is 1. The number of aromatic nitrogens is 2. The molecule has 102 valence electrons. The van der Waals surface area contributed by atoms with Crippen LogP contribution in [-0.2, 0) is 0 Å². The van der Waals surface area contributed by atoms with Crippen molar-refractivity contribution in [2.24, 2.45) is 0 Å². The van der Waals surface area contributed by atoms with Crippen LogP contribution in [0.25, 0.3) is 0 Å². The molecule has 0 aliphatic carbocycles. The van der Waals surface area contributed by atoms with E-state index >= 15 is 0 Å². The van der Waals surface area contributed by atoms with Gasteiger partial charge < -0.3 is 4.90 Å². The van der Waals surface area contributed by atoms with Crippen molar-refractivity contribution >= 4 is 33.2 Å². The molecule has 5 nitrogen and oxygen atoms in total. The SMILES string of the molecule is N#Cc1cnn(C2CCN(C(=O)c3ccc(Br)s3)C2)c1. The molecule has 1 fully saturated rings. The number of carbonyl (C=O) groups excluding carboxylic acids is 1. The van der Waals surface area contributed by atoms with E-state index in [-0.39, 0.29) is 11.9 Å². The van der Waals surface area contributed by atoms with Gasteiger partial charge in [-0.1, -0.05) is 0 Å². The van der Waals surface area contributed by atoms with Gasteiger partial charge in [0, 0.05) is 19.3 Å². The number of amides is 1. The van der Waals surface area contributed by atoms with Crippen LogP contribution in [0.3, 0.4) is 0 Å². The van der Waals surface area contributed by atoms with Crippen LogP contribution in [0.15, 0.2) is 28.3 Å². The molecule has 2 aromatic rings. The fourth-order valence-electron chi connectivity index (χ4n) is 2.32. The van der Waals surface area contributed by atoms with E-state index in [0.717, 1.165) is 21.6 Å². The maximum Gasteiger partial charge on any atom is 0.264 e. The lowest BCUT2D eigenvalue weighted by Gasteiger charge is -2.15. The zero-order chi connectivity index (χ0) is 14.1. The molecule has 0 N–H and O–H groups in total. The van der Waals surface area contributed by atoms with E-state index in [2.05, 4.69) is 27.1 Å². The summed E-state index contributed by atoms with van der Waals surface area (Å²) in [6.07, 6.45) is 4.16. The number of hydrogen-bond acceptors (Lipinski definition) is 4. The van der Waals surface area contributed by atoms with Crippen molar-refractivity contribution in [2.45, 2.75) is 12.5 Å². The van der Waals surface area contributed by atoms with Gasteiger partial charge in [-0.25, -0.2) is 0 Å². The second-order valence-electron chi connectivity index (χ2n) is 4.62. The third kappa shape index (κ3) is 2.49. The highest BCUT2D eigenvalue weighted by molar-refractivity contribution is 9.11. The van der Waals surface area contributed by atoms with Crippen LogP contribution in [0.1, 0.15) is 27.7 Å². The molecule has 0 aromatic carbocycles. The molecule has 1 aliphatic rings. The van der Waals surface area contributed by atoms with Crippen LogP contribution in [0.4, 0.5) is 0 Å². The summed E-state index contributed by atoms with van der Waals surface area (Å²) in [6.45, 7) is 1.36. The van der Waals surface area contributed by atoms with E-state index in [4.69, 9.17) is 5.26 Å². The highest BCUT2D eigenvalue weighted by Crippen LogP contribution is 2.27. The van der Waals surface area contributed by atoms with Gasteiger partial charge in [-0.2, -0.15) is 10.4 Å². The van der Waals surface area contributed by atoms with Crippen molar-refractivity contribution in [3.8, 4) is 6.07 Å². The number of nitrogens with zero attached hydrogens (tertiary/aromatic N) is 4. The molecule has 0 spiro atoms. The molecule has 3 heterocycles. The maximum atomic E-state index is 12.3. The van der Waals surface area contributed by atoms with E-state index in [1.165, 1.54) is 11.3 Å². The number of likely N-dealkylation sites (tertiary alicyclic amines) is 1. The Kier molecular flexibility index (Phi) is 3.59. The quantitative estimate of drug-likeness (QED) is 0.836. The van der Waals surface area contributed by atoms with Crippen LogP contribution < -0.4 is 0 Å². The van der Waals surface area contributed by atoms with Crippen LogP contribution in [0.2, 0.25) is 0 Å². The Balaban J connectivity index is 1.70. The topological polar surface area (TPSA) is 61.9 Å². The first-order valence-corrected chi connectivity index (χ1v) is 7.77. The minimum Gasteiger partial charge on any atom is -0.336 e. The van der Waals surface area contributed by atoms with Gasteiger partial charge in [0.05, 0.1) is 26.5 Å². The molecular weight excluding hydrogens is 340 g/mol. The second kappa shape index (κ2) is 5.38. The molecule has 0 saturated carbocycles. The number of hydrogen-bond donors (Lipinski definition) is 0. The summed E-state index contributed by atoms with van der Waals surface area (Å²) in [4.78, 5) is 14.9. The van der Waals surface area contributed by atoms with E-state index in [0.29, 0.717) is 12.1 Å². The van der Waals surface area contributed by atoms with E-state index in [1.54, 1.807) is 17.1 Å². The van der Waals surface area contributed by atoms with E-state index < -0.39 is 0 Å². The van der Waals surface area contributed by atoms with Crippen molar-refractivity contribution in [2.75, 3.05) is 13.1 Å². The fraction of sp³-hybridized carbons (Fsp3) is 0.308. The maximum absolute atomic E-state index is 12.3. The van der Waals surface area contributed by atoms with Crippen LogP contribution >= 0.6 is 27.3 Å². The normalized spacial score (nSPS) is 18.2. The highest BCUT2D eigenvalue weighted by Gasteiger charge is 2.29. The van der Waals surface area contributed by atoms with E-state index in [9.17, 15) is 4.79 Å².